The first kappa shape index (κ1) is 19.3. The Bertz CT molecular complexity index is 1330. The van der Waals surface area contributed by atoms with E-state index in [1.54, 1.807) is 13.3 Å². The normalized spacial score (nSPS) is 17.4. The largest absolute Gasteiger partial charge is 0.320 e. The van der Waals surface area contributed by atoms with Crippen molar-refractivity contribution in [2.75, 3.05) is 0 Å². The third kappa shape index (κ3) is 3.15. The molecule has 1 aromatic carbocycles. The molecular weight excluding hydrogens is 400 g/mol. The number of H-pyrrole nitrogens is 1. The topological polar surface area (TPSA) is 89.3 Å². The average Bonchev–Trinajstić information content (AvgIpc) is 3.39. The van der Waals surface area contributed by atoms with Gasteiger partial charge < -0.3 is 4.57 Å². The second-order valence-corrected chi connectivity index (χ2v) is 9.32. The lowest BCUT2D eigenvalue weighted by molar-refractivity contribution is 0.101. The second-order valence-electron chi connectivity index (χ2n) is 9.32. The van der Waals surface area contributed by atoms with Gasteiger partial charge in [0.15, 0.2) is 5.78 Å². The first-order chi connectivity index (χ1) is 15.6. The van der Waals surface area contributed by atoms with E-state index in [-0.39, 0.29) is 11.7 Å². The van der Waals surface area contributed by atoms with E-state index >= 15 is 0 Å². The van der Waals surface area contributed by atoms with Crippen LogP contribution in [0.4, 0.5) is 0 Å². The van der Waals surface area contributed by atoms with Gasteiger partial charge in [-0.25, -0.2) is 4.98 Å². The molecule has 2 saturated carbocycles. The first-order valence-electron chi connectivity index (χ1n) is 11.4. The van der Waals surface area contributed by atoms with Crippen LogP contribution in [0.15, 0.2) is 36.7 Å². The number of ketones is 1. The Morgan fingerprint density at radius 2 is 2.03 bits per heavy atom. The number of hydrogen-bond donors (Lipinski definition) is 1. The van der Waals surface area contributed by atoms with Gasteiger partial charge in [-0.05, 0) is 49.3 Å². The Morgan fingerprint density at radius 3 is 2.69 bits per heavy atom. The Kier molecular flexibility index (Phi) is 4.45. The first-order valence-corrected chi connectivity index (χ1v) is 11.4. The van der Waals surface area contributed by atoms with Gasteiger partial charge >= 0.3 is 0 Å². The highest BCUT2D eigenvalue weighted by Gasteiger charge is 2.33. The van der Waals surface area contributed by atoms with Crippen LogP contribution in [0.5, 0.6) is 0 Å². The molecule has 1 atom stereocenters. The maximum absolute atomic E-state index is 12.3. The zero-order valence-corrected chi connectivity index (χ0v) is 18.4. The lowest BCUT2D eigenvalue weighted by Gasteiger charge is -2.33. The van der Waals surface area contributed by atoms with Crippen LogP contribution in [-0.4, -0.2) is 35.7 Å². The van der Waals surface area contributed by atoms with E-state index in [2.05, 4.69) is 55.7 Å². The Balaban J connectivity index is 1.48. The summed E-state index contributed by atoms with van der Waals surface area (Å²) in [6.07, 6.45) is 7.75. The summed E-state index contributed by atoms with van der Waals surface area (Å²) in [5, 5.41) is 17.3. The Labute approximate surface area is 186 Å². The summed E-state index contributed by atoms with van der Waals surface area (Å²) in [5.74, 6) is 2.24. The molecule has 3 heterocycles. The molecule has 2 aliphatic rings. The predicted molar refractivity (Wildman–Crippen MR) is 121 cm³/mol. The van der Waals surface area contributed by atoms with Crippen molar-refractivity contribution >= 4 is 16.7 Å². The third-order valence-corrected chi connectivity index (χ3v) is 7.07. The smallest absolute Gasteiger partial charge is 0.180 e. The average molecular weight is 427 g/mol. The molecule has 0 unspecified atom stereocenters. The van der Waals surface area contributed by atoms with Gasteiger partial charge in [0.1, 0.15) is 23.5 Å². The summed E-state index contributed by atoms with van der Waals surface area (Å²) >= 11 is 0. The molecule has 162 valence electrons. The quantitative estimate of drug-likeness (QED) is 0.449. The van der Waals surface area contributed by atoms with Crippen molar-refractivity contribution in [3.63, 3.8) is 0 Å². The summed E-state index contributed by atoms with van der Waals surface area (Å²) in [7, 11) is 2.02. The second kappa shape index (κ2) is 7.36. The Hall–Kier alpha value is -3.35. The number of fused-ring (bicyclic) bond motifs is 1. The van der Waals surface area contributed by atoms with Crippen LogP contribution in [0.1, 0.15) is 78.4 Å². The minimum Gasteiger partial charge on any atom is -0.320 e. The number of aromatic nitrogens is 6. The molecule has 7 heteroatoms. The van der Waals surface area contributed by atoms with Crippen molar-refractivity contribution in [2.45, 2.75) is 50.9 Å². The van der Waals surface area contributed by atoms with E-state index in [4.69, 9.17) is 0 Å². The maximum Gasteiger partial charge on any atom is 0.180 e. The van der Waals surface area contributed by atoms with Crippen molar-refractivity contribution < 1.29 is 4.79 Å². The summed E-state index contributed by atoms with van der Waals surface area (Å²) in [6, 6.07) is 10.7. The van der Waals surface area contributed by atoms with E-state index in [1.165, 1.54) is 24.8 Å². The highest BCUT2D eigenvalue weighted by molar-refractivity contribution is 6.07. The number of carbonyl (C=O) groups is 1. The number of nitrogens with one attached hydrogen (secondary N) is 1. The van der Waals surface area contributed by atoms with Gasteiger partial charge in [0.25, 0.3) is 0 Å². The van der Waals surface area contributed by atoms with E-state index in [1.807, 2.05) is 11.6 Å². The van der Waals surface area contributed by atoms with Crippen LogP contribution in [0.25, 0.3) is 22.2 Å². The van der Waals surface area contributed by atoms with Gasteiger partial charge in [0.05, 0.1) is 5.52 Å². The van der Waals surface area contributed by atoms with Crippen LogP contribution in [0.2, 0.25) is 0 Å². The number of carbonyl (C=O) groups excluding carboxylic acids is 1. The van der Waals surface area contributed by atoms with Crippen molar-refractivity contribution in [3.8, 4) is 11.3 Å². The van der Waals surface area contributed by atoms with Gasteiger partial charge in [0.2, 0.25) is 0 Å². The van der Waals surface area contributed by atoms with Crippen LogP contribution < -0.4 is 0 Å². The zero-order chi connectivity index (χ0) is 21.8. The van der Waals surface area contributed by atoms with E-state index < -0.39 is 0 Å². The van der Waals surface area contributed by atoms with E-state index in [9.17, 15) is 4.79 Å². The van der Waals surface area contributed by atoms with Gasteiger partial charge in [-0.15, -0.1) is 10.2 Å². The number of Topliss-reactive ketones (excluding diaryl/α,β-unsaturated/α-hetero) is 1. The monoisotopic (exact) mass is 426 g/mol. The highest BCUT2D eigenvalue weighted by atomic mass is 16.1. The number of pyridine rings is 1. The number of rotatable bonds is 6. The van der Waals surface area contributed by atoms with Crippen molar-refractivity contribution in [3.05, 3.63) is 59.4 Å². The fourth-order valence-electron chi connectivity index (χ4n) is 4.96. The molecule has 0 spiro atoms. The van der Waals surface area contributed by atoms with Crippen molar-refractivity contribution in [1.82, 2.24) is 29.9 Å². The standard InChI is InChI=1S/C25H26N6O/c1-14(32)22-24-19(12-20(27-22)15-9-10-15)23(28-29-24)18-8-4-7-17(11-18)21(16-5-3-6-16)25-30-26-13-31(25)2/h4,7-8,11-13,15-16,21H,3,5-6,9-10H2,1-2H3,(H,28,29)/t21-/m1/s1. The predicted octanol–water partition coefficient (Wildman–Crippen LogP) is 4.77. The summed E-state index contributed by atoms with van der Waals surface area (Å²) < 4.78 is 2.03. The molecule has 32 heavy (non-hydrogen) atoms. The molecule has 0 amide bonds. The molecule has 0 radical (unpaired) electrons. The van der Waals surface area contributed by atoms with Gasteiger partial charge in [0, 0.05) is 42.5 Å². The lowest BCUT2D eigenvalue weighted by Crippen LogP contribution is -2.24. The fourth-order valence-corrected chi connectivity index (χ4v) is 4.96. The molecule has 6 rings (SSSR count). The highest BCUT2D eigenvalue weighted by Crippen LogP contribution is 2.44. The van der Waals surface area contributed by atoms with Gasteiger partial charge in [-0.3, -0.25) is 9.89 Å². The van der Waals surface area contributed by atoms with Crippen LogP contribution in [0, 0.1) is 5.92 Å². The molecule has 0 aliphatic heterocycles. The summed E-state index contributed by atoms with van der Waals surface area (Å²) in [4.78, 5) is 17.0. The molecule has 7 nitrogen and oxygen atoms in total. The number of benzene rings is 1. The molecular formula is C25H26N6O. The number of aryl methyl sites for hydroxylation is 1. The third-order valence-electron chi connectivity index (χ3n) is 7.07. The number of aromatic amines is 1. The summed E-state index contributed by atoms with van der Waals surface area (Å²) in [6.45, 7) is 1.57. The van der Waals surface area contributed by atoms with Crippen molar-refractivity contribution in [2.24, 2.45) is 13.0 Å². The SMILES string of the molecule is CC(=O)c1nc(C2CC2)cc2c(-c3cccc([C@H](c4nncn4C)C4CCC4)c3)n[nH]c12. The van der Waals surface area contributed by atoms with Crippen LogP contribution in [-0.2, 0) is 7.05 Å². The van der Waals surface area contributed by atoms with E-state index in [0.717, 1.165) is 46.5 Å². The van der Waals surface area contributed by atoms with Gasteiger partial charge in [-0.2, -0.15) is 5.10 Å². The minimum atomic E-state index is -0.0335. The van der Waals surface area contributed by atoms with Crippen LogP contribution in [0.3, 0.4) is 0 Å². The molecule has 0 bridgehead atoms. The zero-order valence-electron chi connectivity index (χ0n) is 18.4. The van der Waals surface area contributed by atoms with E-state index in [0.29, 0.717) is 17.5 Å². The molecule has 3 aromatic heterocycles. The van der Waals surface area contributed by atoms with Gasteiger partial charge in [-0.1, -0.05) is 24.6 Å². The Morgan fingerprint density at radius 1 is 1.19 bits per heavy atom. The van der Waals surface area contributed by atoms with Crippen molar-refractivity contribution in [1.29, 1.82) is 0 Å². The summed E-state index contributed by atoms with van der Waals surface area (Å²) in [5.41, 5.74) is 5.38. The molecule has 2 aliphatic carbocycles. The maximum atomic E-state index is 12.3. The molecule has 1 N–H and O–H groups in total. The molecule has 4 aromatic rings. The molecule has 2 fully saturated rings. The van der Waals surface area contributed by atoms with Crippen LogP contribution >= 0.6 is 0 Å². The lowest BCUT2D eigenvalue weighted by atomic mass is 9.72. The number of hydrogen-bond acceptors (Lipinski definition) is 5. The number of nitrogens with zero attached hydrogens (tertiary/aromatic N) is 5. The fraction of sp³-hybridized carbons (Fsp3) is 0.400. The minimum absolute atomic E-state index is 0.0335. The molecule has 0 saturated heterocycles.